The maximum Gasteiger partial charge on any atom is 0.120 e. The number of hydrogen-bond donors (Lipinski definition) is 1. The van der Waals surface area contributed by atoms with E-state index in [1.54, 1.807) is 0 Å². The van der Waals surface area contributed by atoms with Gasteiger partial charge in [-0.25, -0.2) is 0 Å². The molecule has 0 unspecified atom stereocenters. The first-order valence-electron chi connectivity index (χ1n) is 7.38. The molecule has 0 aliphatic heterocycles. The van der Waals surface area contributed by atoms with E-state index in [1.165, 1.54) is 32.1 Å². The standard InChI is InChI=1S/C11H23N.C5H8O2/c1-4-5-6-7-8-9-11(12)10(2)3;6-4-2-1-3-5-7/h11H,2,4-9,12H2,1,3H3;4-5H,1-3H2/t11-;/m0./s1. The Morgan fingerprint density at radius 3 is 2.00 bits per heavy atom. The quantitative estimate of drug-likeness (QED) is 0.352. The Kier molecular flexibility index (Phi) is 18.3. The number of hydrogen-bond acceptors (Lipinski definition) is 3. The van der Waals surface area contributed by atoms with Gasteiger partial charge in [0.05, 0.1) is 0 Å². The van der Waals surface area contributed by atoms with Gasteiger partial charge in [-0.2, -0.15) is 0 Å². The first kappa shape index (κ1) is 20.4. The third-order valence-corrected chi connectivity index (χ3v) is 2.90. The summed E-state index contributed by atoms with van der Waals surface area (Å²) in [7, 11) is 0. The van der Waals surface area contributed by atoms with E-state index in [0.717, 1.165) is 24.6 Å². The van der Waals surface area contributed by atoms with Crippen LogP contribution in [0.1, 0.15) is 71.6 Å². The van der Waals surface area contributed by atoms with E-state index < -0.39 is 0 Å². The van der Waals surface area contributed by atoms with Crippen molar-refractivity contribution in [3.63, 3.8) is 0 Å². The molecule has 3 heteroatoms. The van der Waals surface area contributed by atoms with Crippen LogP contribution in [0.3, 0.4) is 0 Å². The van der Waals surface area contributed by atoms with Gasteiger partial charge in [0.2, 0.25) is 0 Å². The minimum absolute atomic E-state index is 0.228. The second-order valence-electron chi connectivity index (χ2n) is 4.92. The highest BCUT2D eigenvalue weighted by Crippen LogP contribution is 2.09. The maximum atomic E-state index is 9.56. The Bertz CT molecular complexity index is 219. The number of rotatable bonds is 11. The van der Waals surface area contributed by atoms with Crippen LogP contribution in [0, 0.1) is 0 Å². The van der Waals surface area contributed by atoms with Gasteiger partial charge in [-0.1, -0.05) is 51.2 Å². The Morgan fingerprint density at radius 2 is 1.58 bits per heavy atom. The van der Waals surface area contributed by atoms with Crippen LogP contribution in [0.15, 0.2) is 12.2 Å². The zero-order valence-corrected chi connectivity index (χ0v) is 12.7. The molecule has 0 aromatic carbocycles. The van der Waals surface area contributed by atoms with E-state index in [9.17, 15) is 9.59 Å². The first-order valence-corrected chi connectivity index (χ1v) is 7.38. The van der Waals surface area contributed by atoms with Crippen molar-refractivity contribution >= 4 is 12.6 Å². The summed E-state index contributed by atoms with van der Waals surface area (Å²) in [5.74, 6) is 0. The molecule has 0 radical (unpaired) electrons. The van der Waals surface area contributed by atoms with E-state index in [1.807, 2.05) is 6.92 Å². The number of carbonyl (C=O) groups excluding carboxylic acids is 2. The molecule has 0 rings (SSSR count). The fourth-order valence-electron chi connectivity index (χ4n) is 1.50. The second kappa shape index (κ2) is 17.0. The van der Waals surface area contributed by atoms with Crippen molar-refractivity contribution in [1.29, 1.82) is 0 Å². The summed E-state index contributed by atoms with van der Waals surface area (Å²) in [6, 6.07) is 0.228. The van der Waals surface area contributed by atoms with Crippen LogP contribution in [0.5, 0.6) is 0 Å². The highest BCUT2D eigenvalue weighted by atomic mass is 16.1. The van der Waals surface area contributed by atoms with Gasteiger partial charge < -0.3 is 15.3 Å². The average molecular weight is 269 g/mol. The molecule has 1 atom stereocenters. The molecule has 0 saturated carbocycles. The number of carbonyl (C=O) groups is 2. The molecule has 0 aromatic rings. The molecule has 0 aromatic heterocycles. The predicted octanol–water partition coefficient (Wildman–Crippen LogP) is 3.80. The number of aldehydes is 2. The third kappa shape index (κ3) is 19.6. The summed E-state index contributed by atoms with van der Waals surface area (Å²) in [4.78, 5) is 19.1. The van der Waals surface area contributed by atoms with Gasteiger partial charge in [0.1, 0.15) is 12.6 Å². The molecule has 0 aliphatic rings. The van der Waals surface area contributed by atoms with E-state index in [0.29, 0.717) is 19.3 Å². The zero-order chi connectivity index (χ0) is 14.9. The average Bonchev–Trinajstić information content (AvgIpc) is 2.39. The Balaban J connectivity index is 0. The summed E-state index contributed by atoms with van der Waals surface area (Å²) in [5, 5.41) is 0. The van der Waals surface area contributed by atoms with Crippen LogP contribution in [-0.2, 0) is 9.59 Å². The van der Waals surface area contributed by atoms with Crippen molar-refractivity contribution in [2.75, 3.05) is 0 Å². The molecule has 0 bridgehead atoms. The minimum atomic E-state index is 0.228. The lowest BCUT2D eigenvalue weighted by Crippen LogP contribution is -2.20. The molecule has 0 amide bonds. The number of nitrogens with two attached hydrogens (primary N) is 1. The molecule has 0 aliphatic carbocycles. The van der Waals surface area contributed by atoms with Crippen LogP contribution < -0.4 is 5.73 Å². The smallest absolute Gasteiger partial charge is 0.120 e. The molecule has 0 heterocycles. The van der Waals surface area contributed by atoms with Gasteiger partial charge in [-0.3, -0.25) is 0 Å². The monoisotopic (exact) mass is 269 g/mol. The Hall–Kier alpha value is -0.960. The Morgan fingerprint density at radius 1 is 1.05 bits per heavy atom. The molecule has 3 nitrogen and oxygen atoms in total. The van der Waals surface area contributed by atoms with Gasteiger partial charge in [-0.05, 0) is 19.8 Å². The van der Waals surface area contributed by atoms with Crippen molar-refractivity contribution in [2.45, 2.75) is 77.7 Å². The van der Waals surface area contributed by atoms with Gasteiger partial charge in [0.25, 0.3) is 0 Å². The fourth-order valence-corrected chi connectivity index (χ4v) is 1.50. The van der Waals surface area contributed by atoms with Crippen LogP contribution >= 0.6 is 0 Å². The largest absolute Gasteiger partial charge is 0.324 e. The summed E-state index contributed by atoms with van der Waals surface area (Å²) in [6.07, 6.45) is 11.1. The fraction of sp³-hybridized carbons (Fsp3) is 0.750. The normalized spacial score (nSPS) is 11.1. The summed E-state index contributed by atoms with van der Waals surface area (Å²) in [6.45, 7) is 8.09. The highest BCUT2D eigenvalue weighted by Gasteiger charge is 2.01. The van der Waals surface area contributed by atoms with E-state index >= 15 is 0 Å². The molecule has 112 valence electrons. The van der Waals surface area contributed by atoms with Crippen molar-refractivity contribution in [3.8, 4) is 0 Å². The lowest BCUT2D eigenvalue weighted by atomic mass is 10.0. The zero-order valence-electron chi connectivity index (χ0n) is 12.7. The van der Waals surface area contributed by atoms with E-state index in [-0.39, 0.29) is 6.04 Å². The van der Waals surface area contributed by atoms with Crippen LogP contribution in [0.2, 0.25) is 0 Å². The molecule has 0 spiro atoms. The lowest BCUT2D eigenvalue weighted by Gasteiger charge is -2.10. The maximum absolute atomic E-state index is 9.56. The first-order chi connectivity index (χ1) is 9.09. The summed E-state index contributed by atoms with van der Waals surface area (Å²) < 4.78 is 0. The number of unbranched alkanes of at least 4 members (excludes halogenated alkanes) is 6. The van der Waals surface area contributed by atoms with Crippen molar-refractivity contribution in [2.24, 2.45) is 5.73 Å². The molecule has 2 N–H and O–H groups in total. The van der Waals surface area contributed by atoms with Gasteiger partial charge in [0, 0.05) is 18.9 Å². The van der Waals surface area contributed by atoms with Crippen LogP contribution in [0.25, 0.3) is 0 Å². The van der Waals surface area contributed by atoms with Crippen LogP contribution in [-0.4, -0.2) is 18.6 Å². The molecular formula is C16H31NO2. The molecule has 0 saturated heterocycles. The van der Waals surface area contributed by atoms with Crippen molar-refractivity contribution in [1.82, 2.24) is 0 Å². The Labute approximate surface area is 118 Å². The predicted molar refractivity (Wildman–Crippen MR) is 82.1 cm³/mol. The van der Waals surface area contributed by atoms with Gasteiger partial charge >= 0.3 is 0 Å². The van der Waals surface area contributed by atoms with E-state index in [2.05, 4.69) is 13.5 Å². The SMILES string of the molecule is C=C(C)[C@@H](N)CCCCCCC.O=CCCCC=O. The highest BCUT2D eigenvalue weighted by molar-refractivity contribution is 5.52. The molecular weight excluding hydrogens is 238 g/mol. The molecule has 19 heavy (non-hydrogen) atoms. The van der Waals surface area contributed by atoms with Crippen molar-refractivity contribution < 1.29 is 9.59 Å². The van der Waals surface area contributed by atoms with E-state index in [4.69, 9.17) is 5.73 Å². The van der Waals surface area contributed by atoms with Crippen molar-refractivity contribution in [3.05, 3.63) is 12.2 Å². The summed E-state index contributed by atoms with van der Waals surface area (Å²) in [5.41, 5.74) is 6.95. The van der Waals surface area contributed by atoms with Gasteiger partial charge in [0.15, 0.2) is 0 Å². The second-order valence-corrected chi connectivity index (χ2v) is 4.92. The summed E-state index contributed by atoms with van der Waals surface area (Å²) >= 11 is 0. The van der Waals surface area contributed by atoms with Crippen LogP contribution in [0.4, 0.5) is 0 Å². The third-order valence-electron chi connectivity index (χ3n) is 2.90. The lowest BCUT2D eigenvalue weighted by molar-refractivity contribution is -0.108. The van der Waals surface area contributed by atoms with Gasteiger partial charge in [-0.15, -0.1) is 0 Å². The topological polar surface area (TPSA) is 60.2 Å². The minimum Gasteiger partial charge on any atom is -0.324 e. The molecule has 0 fully saturated rings.